The predicted molar refractivity (Wildman–Crippen MR) is 77.6 cm³/mol. The highest BCUT2D eigenvalue weighted by Crippen LogP contribution is 2.02. The number of unbranched alkanes of at least 4 members (excludes halogenated alkanes) is 1. The monoisotopic (exact) mass is 278 g/mol. The van der Waals surface area contributed by atoms with Crippen LogP contribution in [0.15, 0.2) is 30.3 Å². The van der Waals surface area contributed by atoms with Crippen molar-refractivity contribution in [3.8, 4) is 0 Å². The Bertz CT molecular complexity index is 420. The number of hydrogen-bond acceptors (Lipinski definition) is 2. The molecule has 1 aromatic rings. The quantitative estimate of drug-likeness (QED) is 0.638. The van der Waals surface area contributed by atoms with Crippen molar-refractivity contribution in [2.45, 2.75) is 38.6 Å². The molecule has 0 aromatic heterocycles. The minimum absolute atomic E-state index is 0.0522. The first-order valence-electron chi connectivity index (χ1n) is 6.88. The second-order valence-electron chi connectivity index (χ2n) is 4.84. The molecule has 20 heavy (non-hydrogen) atoms. The number of urea groups is 1. The zero-order chi connectivity index (χ0) is 14.8. The number of carbonyl (C=O) groups is 2. The molecule has 0 radical (unpaired) electrons. The number of hydrogen-bond donors (Lipinski definition) is 3. The third kappa shape index (κ3) is 7.41. The van der Waals surface area contributed by atoms with Crippen molar-refractivity contribution in [3.05, 3.63) is 35.9 Å². The molecule has 5 nitrogen and oxygen atoms in total. The first kappa shape index (κ1) is 16.0. The molecule has 1 aromatic carbocycles. The molecule has 0 heterocycles. The number of benzene rings is 1. The summed E-state index contributed by atoms with van der Waals surface area (Å²) >= 11 is 0. The van der Waals surface area contributed by atoms with Gasteiger partial charge in [-0.2, -0.15) is 0 Å². The molecule has 3 N–H and O–H groups in total. The van der Waals surface area contributed by atoms with Crippen molar-refractivity contribution < 1.29 is 14.7 Å². The number of carboxylic acid groups (broad SMARTS) is 1. The normalized spacial score (nSPS) is 11.7. The molecule has 0 bridgehead atoms. The summed E-state index contributed by atoms with van der Waals surface area (Å²) in [6, 6.07) is 9.82. The summed E-state index contributed by atoms with van der Waals surface area (Å²) in [6.45, 7) is 2.45. The van der Waals surface area contributed by atoms with E-state index in [-0.39, 0.29) is 18.5 Å². The summed E-state index contributed by atoms with van der Waals surface area (Å²) < 4.78 is 0. The van der Waals surface area contributed by atoms with Gasteiger partial charge in [-0.3, -0.25) is 4.79 Å². The van der Waals surface area contributed by atoms with Gasteiger partial charge in [0.2, 0.25) is 0 Å². The Kier molecular flexibility index (Phi) is 7.17. The van der Waals surface area contributed by atoms with E-state index in [1.165, 1.54) is 5.56 Å². The molecule has 0 aliphatic rings. The molecule has 0 saturated carbocycles. The van der Waals surface area contributed by atoms with Crippen molar-refractivity contribution in [3.63, 3.8) is 0 Å². The molecular weight excluding hydrogens is 256 g/mol. The van der Waals surface area contributed by atoms with Gasteiger partial charge in [0.1, 0.15) is 0 Å². The summed E-state index contributed by atoms with van der Waals surface area (Å²) in [5.41, 5.74) is 1.18. The van der Waals surface area contributed by atoms with E-state index in [1.807, 2.05) is 37.3 Å². The van der Waals surface area contributed by atoms with E-state index in [2.05, 4.69) is 10.6 Å². The van der Waals surface area contributed by atoms with Gasteiger partial charge in [0.05, 0.1) is 0 Å². The van der Waals surface area contributed by atoms with Gasteiger partial charge in [-0.1, -0.05) is 30.3 Å². The van der Waals surface area contributed by atoms with E-state index in [9.17, 15) is 9.59 Å². The first-order valence-corrected chi connectivity index (χ1v) is 6.88. The van der Waals surface area contributed by atoms with Crippen LogP contribution in [0.3, 0.4) is 0 Å². The van der Waals surface area contributed by atoms with Gasteiger partial charge >= 0.3 is 12.0 Å². The van der Waals surface area contributed by atoms with E-state index >= 15 is 0 Å². The van der Waals surface area contributed by atoms with Crippen LogP contribution in [0.25, 0.3) is 0 Å². The fourth-order valence-corrected chi connectivity index (χ4v) is 1.90. The lowest BCUT2D eigenvalue weighted by Crippen LogP contribution is -2.42. The Labute approximate surface area is 119 Å². The highest BCUT2D eigenvalue weighted by molar-refractivity contribution is 5.74. The molecule has 0 fully saturated rings. The number of carbonyl (C=O) groups excluding carboxylic acids is 1. The number of aliphatic carboxylic acids is 1. The van der Waals surface area contributed by atoms with Gasteiger partial charge in [0.15, 0.2) is 0 Å². The number of carboxylic acids is 1. The summed E-state index contributed by atoms with van der Waals surface area (Å²) in [6.07, 6.45) is 2.18. The van der Waals surface area contributed by atoms with Crippen LogP contribution in [0.1, 0.15) is 31.7 Å². The van der Waals surface area contributed by atoms with Crippen LogP contribution < -0.4 is 10.6 Å². The fraction of sp³-hybridized carbons (Fsp3) is 0.467. The molecule has 0 saturated heterocycles. The van der Waals surface area contributed by atoms with E-state index < -0.39 is 5.97 Å². The smallest absolute Gasteiger partial charge is 0.315 e. The molecule has 0 aliphatic carbocycles. The third-order valence-electron chi connectivity index (χ3n) is 2.87. The van der Waals surface area contributed by atoms with Crippen molar-refractivity contribution >= 4 is 12.0 Å². The van der Waals surface area contributed by atoms with Crippen molar-refractivity contribution in [1.82, 2.24) is 10.6 Å². The fourth-order valence-electron chi connectivity index (χ4n) is 1.90. The maximum absolute atomic E-state index is 11.6. The maximum Gasteiger partial charge on any atom is 0.315 e. The van der Waals surface area contributed by atoms with Crippen LogP contribution in [0.5, 0.6) is 0 Å². The van der Waals surface area contributed by atoms with Gasteiger partial charge in [-0.15, -0.1) is 0 Å². The van der Waals surface area contributed by atoms with Crippen LogP contribution in [-0.2, 0) is 11.2 Å². The van der Waals surface area contributed by atoms with Gasteiger partial charge in [0.25, 0.3) is 0 Å². The van der Waals surface area contributed by atoms with Gasteiger partial charge in [-0.05, 0) is 31.7 Å². The molecule has 0 spiro atoms. The molecule has 1 rings (SSSR count). The van der Waals surface area contributed by atoms with Crippen LogP contribution in [0.2, 0.25) is 0 Å². The van der Waals surface area contributed by atoms with Crippen LogP contribution >= 0.6 is 0 Å². The number of nitrogens with one attached hydrogen (secondary N) is 2. The Morgan fingerprint density at radius 2 is 1.90 bits per heavy atom. The molecule has 2 amide bonds. The third-order valence-corrected chi connectivity index (χ3v) is 2.87. The first-order chi connectivity index (χ1) is 9.58. The Balaban J connectivity index is 2.13. The maximum atomic E-state index is 11.6. The zero-order valence-corrected chi connectivity index (χ0v) is 11.8. The highest BCUT2D eigenvalue weighted by atomic mass is 16.4. The second-order valence-corrected chi connectivity index (χ2v) is 4.84. The second kappa shape index (κ2) is 8.96. The van der Waals surface area contributed by atoms with E-state index in [1.54, 1.807) is 0 Å². The molecular formula is C15H22N2O3. The topological polar surface area (TPSA) is 78.4 Å². The van der Waals surface area contributed by atoms with Crippen LogP contribution in [0.4, 0.5) is 4.79 Å². The Morgan fingerprint density at radius 1 is 1.20 bits per heavy atom. The lowest BCUT2D eigenvalue weighted by Gasteiger charge is -2.14. The number of rotatable bonds is 8. The largest absolute Gasteiger partial charge is 0.481 e. The van der Waals surface area contributed by atoms with Gasteiger partial charge in [-0.25, -0.2) is 4.79 Å². The standard InChI is InChI=1S/C15H22N2O3/c1-12(11-13-7-3-2-4-8-13)17-15(20)16-10-6-5-9-14(18)19/h2-4,7-8,12H,5-6,9-11H2,1H3,(H,18,19)(H2,16,17,20). The SMILES string of the molecule is CC(Cc1ccccc1)NC(=O)NCCCCC(=O)O. The predicted octanol–water partition coefficient (Wildman–Crippen LogP) is 2.17. The van der Waals surface area contributed by atoms with E-state index in [4.69, 9.17) is 5.11 Å². The van der Waals surface area contributed by atoms with Gasteiger partial charge in [0, 0.05) is 19.0 Å². The summed E-state index contributed by atoms with van der Waals surface area (Å²) in [7, 11) is 0. The van der Waals surface area contributed by atoms with Crippen molar-refractivity contribution in [2.75, 3.05) is 6.54 Å². The summed E-state index contributed by atoms with van der Waals surface area (Å²) in [4.78, 5) is 21.9. The van der Waals surface area contributed by atoms with Crippen LogP contribution in [0, 0.1) is 0 Å². The lowest BCUT2D eigenvalue weighted by atomic mass is 10.1. The zero-order valence-electron chi connectivity index (χ0n) is 11.8. The molecule has 5 heteroatoms. The minimum Gasteiger partial charge on any atom is -0.481 e. The lowest BCUT2D eigenvalue weighted by molar-refractivity contribution is -0.137. The molecule has 0 aliphatic heterocycles. The van der Waals surface area contributed by atoms with Crippen LogP contribution in [-0.4, -0.2) is 29.7 Å². The molecule has 1 atom stereocenters. The Hall–Kier alpha value is -2.04. The van der Waals surface area contributed by atoms with Gasteiger partial charge < -0.3 is 15.7 Å². The molecule has 1 unspecified atom stereocenters. The van der Waals surface area contributed by atoms with Crippen molar-refractivity contribution in [2.24, 2.45) is 0 Å². The average Bonchev–Trinajstić information content (AvgIpc) is 2.38. The van der Waals surface area contributed by atoms with Crippen molar-refractivity contribution in [1.29, 1.82) is 0 Å². The average molecular weight is 278 g/mol. The van der Waals surface area contributed by atoms with E-state index in [0.29, 0.717) is 19.4 Å². The van der Waals surface area contributed by atoms with E-state index in [0.717, 1.165) is 6.42 Å². The summed E-state index contributed by atoms with van der Waals surface area (Å²) in [5.74, 6) is -0.800. The Morgan fingerprint density at radius 3 is 2.55 bits per heavy atom. The molecule has 110 valence electrons. The minimum atomic E-state index is -0.800. The highest BCUT2D eigenvalue weighted by Gasteiger charge is 2.07. The number of amides is 2. The summed E-state index contributed by atoms with van der Waals surface area (Å²) in [5, 5.41) is 14.1.